The standard InChI is InChI=1S/C18H23ClN4O/c1-22-12-14(11-21-22)13-23(16-8-9-16)18(24)20-10-4-6-15-5-2-3-7-17(15)19/h2-3,5,7,11-12,16H,4,6,8-10,13H2,1H3,(H,20,24). The highest BCUT2D eigenvalue weighted by atomic mass is 35.5. The minimum Gasteiger partial charge on any atom is -0.338 e. The molecule has 6 heteroatoms. The average molecular weight is 347 g/mol. The molecule has 5 nitrogen and oxygen atoms in total. The number of rotatable bonds is 7. The summed E-state index contributed by atoms with van der Waals surface area (Å²) in [6.45, 7) is 1.27. The summed E-state index contributed by atoms with van der Waals surface area (Å²) in [6.07, 6.45) is 7.70. The second-order valence-corrected chi connectivity index (χ2v) is 6.72. The Kier molecular flexibility index (Phi) is 5.41. The van der Waals surface area contributed by atoms with Gasteiger partial charge in [-0.3, -0.25) is 4.68 Å². The van der Waals surface area contributed by atoms with Gasteiger partial charge in [0, 0.05) is 36.4 Å². The SMILES string of the molecule is Cn1cc(CN(C(=O)NCCCc2ccccc2Cl)C2CC2)cn1. The van der Waals surface area contributed by atoms with E-state index in [1.54, 1.807) is 4.68 Å². The Morgan fingerprint density at radius 2 is 2.21 bits per heavy atom. The van der Waals surface area contributed by atoms with E-state index in [2.05, 4.69) is 10.4 Å². The lowest BCUT2D eigenvalue weighted by Crippen LogP contribution is -2.41. The fraction of sp³-hybridized carbons (Fsp3) is 0.444. The molecule has 0 atom stereocenters. The van der Waals surface area contributed by atoms with Gasteiger partial charge in [-0.1, -0.05) is 29.8 Å². The monoisotopic (exact) mass is 346 g/mol. The highest BCUT2D eigenvalue weighted by Gasteiger charge is 2.32. The molecule has 0 bridgehead atoms. The van der Waals surface area contributed by atoms with Crippen molar-refractivity contribution in [2.75, 3.05) is 6.54 Å². The number of hydrogen-bond donors (Lipinski definition) is 1. The number of carbonyl (C=O) groups excluding carboxylic acids is 1. The van der Waals surface area contributed by atoms with Crippen molar-refractivity contribution in [3.63, 3.8) is 0 Å². The average Bonchev–Trinajstić information content (AvgIpc) is 3.33. The summed E-state index contributed by atoms with van der Waals surface area (Å²) in [5, 5.41) is 8.00. The van der Waals surface area contributed by atoms with Crippen LogP contribution in [0.15, 0.2) is 36.7 Å². The van der Waals surface area contributed by atoms with Crippen LogP contribution in [0.5, 0.6) is 0 Å². The highest BCUT2D eigenvalue weighted by molar-refractivity contribution is 6.31. The van der Waals surface area contributed by atoms with Gasteiger partial charge < -0.3 is 10.2 Å². The molecule has 2 amide bonds. The molecular weight excluding hydrogens is 324 g/mol. The predicted octanol–water partition coefficient (Wildman–Crippen LogP) is 3.38. The van der Waals surface area contributed by atoms with E-state index >= 15 is 0 Å². The van der Waals surface area contributed by atoms with E-state index in [0.717, 1.165) is 41.8 Å². The van der Waals surface area contributed by atoms with Crippen LogP contribution < -0.4 is 5.32 Å². The van der Waals surface area contributed by atoms with Gasteiger partial charge in [-0.25, -0.2) is 4.79 Å². The molecule has 1 N–H and O–H groups in total. The maximum absolute atomic E-state index is 12.5. The van der Waals surface area contributed by atoms with Crippen LogP contribution in [-0.4, -0.2) is 33.3 Å². The van der Waals surface area contributed by atoms with Crippen molar-refractivity contribution in [2.45, 2.75) is 38.3 Å². The molecule has 1 aromatic heterocycles. The smallest absolute Gasteiger partial charge is 0.317 e. The topological polar surface area (TPSA) is 50.2 Å². The molecule has 24 heavy (non-hydrogen) atoms. The van der Waals surface area contributed by atoms with Crippen LogP contribution in [0.25, 0.3) is 0 Å². The number of hydrogen-bond acceptors (Lipinski definition) is 2. The number of benzene rings is 1. The fourth-order valence-electron chi connectivity index (χ4n) is 2.78. The Balaban J connectivity index is 1.46. The van der Waals surface area contributed by atoms with Crippen molar-refractivity contribution in [3.05, 3.63) is 52.8 Å². The molecule has 1 aromatic carbocycles. The highest BCUT2D eigenvalue weighted by Crippen LogP contribution is 2.28. The van der Waals surface area contributed by atoms with Gasteiger partial charge in [0.25, 0.3) is 0 Å². The molecule has 1 aliphatic carbocycles. The van der Waals surface area contributed by atoms with Gasteiger partial charge in [0.1, 0.15) is 0 Å². The Morgan fingerprint density at radius 3 is 2.88 bits per heavy atom. The molecule has 1 aliphatic rings. The van der Waals surface area contributed by atoms with Crippen LogP contribution in [0.1, 0.15) is 30.4 Å². The first-order chi connectivity index (χ1) is 11.6. The zero-order valence-electron chi connectivity index (χ0n) is 13.9. The molecule has 2 aromatic rings. The molecular formula is C18H23ClN4O. The lowest BCUT2D eigenvalue weighted by atomic mass is 10.1. The summed E-state index contributed by atoms with van der Waals surface area (Å²) in [6, 6.07) is 8.23. The minimum absolute atomic E-state index is 0.0144. The van der Waals surface area contributed by atoms with Crippen molar-refractivity contribution in [2.24, 2.45) is 7.05 Å². The number of amides is 2. The minimum atomic E-state index is 0.0144. The van der Waals surface area contributed by atoms with Gasteiger partial charge in [-0.15, -0.1) is 0 Å². The molecule has 0 spiro atoms. The number of aryl methyl sites for hydroxylation is 2. The number of urea groups is 1. The fourth-order valence-corrected chi connectivity index (χ4v) is 3.01. The van der Waals surface area contributed by atoms with Gasteiger partial charge in [0.2, 0.25) is 0 Å². The summed E-state index contributed by atoms with van der Waals surface area (Å²) in [4.78, 5) is 14.4. The first-order valence-corrected chi connectivity index (χ1v) is 8.76. The Morgan fingerprint density at radius 1 is 1.42 bits per heavy atom. The molecule has 1 heterocycles. The maximum atomic E-state index is 12.5. The van der Waals surface area contributed by atoms with Crippen LogP contribution in [0.4, 0.5) is 4.79 Å². The van der Waals surface area contributed by atoms with Crippen molar-refractivity contribution < 1.29 is 4.79 Å². The zero-order valence-corrected chi connectivity index (χ0v) is 14.7. The number of carbonyl (C=O) groups is 1. The Bertz CT molecular complexity index is 696. The third-order valence-corrected chi connectivity index (χ3v) is 4.59. The molecule has 1 saturated carbocycles. The van der Waals surface area contributed by atoms with E-state index in [-0.39, 0.29) is 6.03 Å². The van der Waals surface area contributed by atoms with Crippen LogP contribution >= 0.6 is 11.6 Å². The molecule has 0 saturated heterocycles. The molecule has 0 radical (unpaired) electrons. The molecule has 0 aliphatic heterocycles. The maximum Gasteiger partial charge on any atom is 0.317 e. The van der Waals surface area contributed by atoms with Gasteiger partial charge >= 0.3 is 6.03 Å². The van der Waals surface area contributed by atoms with E-state index in [4.69, 9.17) is 11.6 Å². The lowest BCUT2D eigenvalue weighted by molar-refractivity contribution is 0.192. The number of nitrogens with zero attached hydrogens (tertiary/aromatic N) is 3. The second-order valence-electron chi connectivity index (χ2n) is 6.31. The Hall–Kier alpha value is -2.01. The second kappa shape index (κ2) is 7.71. The van der Waals surface area contributed by atoms with Gasteiger partial charge in [0.05, 0.1) is 12.7 Å². The van der Waals surface area contributed by atoms with E-state index < -0.39 is 0 Å². The van der Waals surface area contributed by atoms with E-state index in [1.165, 1.54) is 0 Å². The van der Waals surface area contributed by atoms with E-state index in [1.807, 2.05) is 48.6 Å². The third kappa shape index (κ3) is 4.51. The van der Waals surface area contributed by atoms with Crippen molar-refractivity contribution in [1.29, 1.82) is 0 Å². The third-order valence-electron chi connectivity index (χ3n) is 4.22. The van der Waals surface area contributed by atoms with Gasteiger partial charge in [0.15, 0.2) is 0 Å². The number of aromatic nitrogens is 2. The summed E-state index contributed by atoms with van der Waals surface area (Å²) >= 11 is 6.15. The van der Waals surface area contributed by atoms with Gasteiger partial charge in [-0.2, -0.15) is 5.10 Å². The van der Waals surface area contributed by atoms with Crippen LogP contribution in [0.3, 0.4) is 0 Å². The number of halogens is 1. The molecule has 128 valence electrons. The molecule has 0 unspecified atom stereocenters. The summed E-state index contributed by atoms with van der Waals surface area (Å²) in [7, 11) is 1.89. The first kappa shape index (κ1) is 16.8. The summed E-state index contributed by atoms with van der Waals surface area (Å²) < 4.78 is 1.77. The van der Waals surface area contributed by atoms with E-state index in [9.17, 15) is 4.79 Å². The molecule has 1 fully saturated rings. The van der Waals surface area contributed by atoms with Crippen molar-refractivity contribution in [1.82, 2.24) is 20.0 Å². The summed E-state index contributed by atoms with van der Waals surface area (Å²) in [5.74, 6) is 0. The van der Waals surface area contributed by atoms with Crippen LogP contribution in [0, 0.1) is 0 Å². The summed E-state index contributed by atoms with van der Waals surface area (Å²) in [5.41, 5.74) is 2.19. The molecule has 3 rings (SSSR count). The Labute approximate surface area is 147 Å². The van der Waals surface area contributed by atoms with Crippen molar-refractivity contribution >= 4 is 17.6 Å². The number of nitrogens with one attached hydrogen (secondary N) is 1. The lowest BCUT2D eigenvalue weighted by Gasteiger charge is -2.22. The van der Waals surface area contributed by atoms with Crippen molar-refractivity contribution in [3.8, 4) is 0 Å². The van der Waals surface area contributed by atoms with Gasteiger partial charge in [-0.05, 0) is 37.3 Å². The normalized spacial score (nSPS) is 13.8. The van der Waals surface area contributed by atoms with Crippen LogP contribution in [0.2, 0.25) is 5.02 Å². The predicted molar refractivity (Wildman–Crippen MR) is 94.9 cm³/mol. The largest absolute Gasteiger partial charge is 0.338 e. The quantitative estimate of drug-likeness (QED) is 0.781. The van der Waals surface area contributed by atoms with E-state index in [0.29, 0.717) is 19.1 Å². The van der Waals surface area contributed by atoms with Crippen LogP contribution in [-0.2, 0) is 20.0 Å². The zero-order chi connectivity index (χ0) is 16.9. The first-order valence-electron chi connectivity index (χ1n) is 8.39.